The van der Waals surface area contributed by atoms with Crippen molar-refractivity contribution in [3.8, 4) is 0 Å². The van der Waals surface area contributed by atoms with Crippen molar-refractivity contribution < 1.29 is 9.50 Å². The molecule has 0 amide bonds. The van der Waals surface area contributed by atoms with Crippen molar-refractivity contribution in [2.75, 3.05) is 5.32 Å². The summed E-state index contributed by atoms with van der Waals surface area (Å²) in [5.41, 5.74) is 0.0825. The van der Waals surface area contributed by atoms with Crippen molar-refractivity contribution in [3.63, 3.8) is 0 Å². The van der Waals surface area contributed by atoms with Crippen LogP contribution in [0.5, 0.6) is 0 Å². The van der Waals surface area contributed by atoms with E-state index in [0.29, 0.717) is 26.8 Å². The van der Waals surface area contributed by atoms with E-state index >= 15 is 0 Å². The van der Waals surface area contributed by atoms with Crippen molar-refractivity contribution in [1.82, 2.24) is 9.55 Å². The summed E-state index contributed by atoms with van der Waals surface area (Å²) >= 11 is 3.16. The fourth-order valence-corrected chi connectivity index (χ4v) is 2.89. The third-order valence-corrected chi connectivity index (χ3v) is 4.64. The minimum Gasteiger partial charge on any atom is -0.386 e. The molecule has 0 saturated heterocycles. The summed E-state index contributed by atoms with van der Waals surface area (Å²) in [6.07, 6.45) is 1.53. The molecule has 0 spiro atoms. The van der Waals surface area contributed by atoms with Gasteiger partial charge in [-0.1, -0.05) is 6.07 Å². The number of aliphatic hydroxyl groups is 1. The molecule has 25 heavy (non-hydrogen) atoms. The Kier molecular flexibility index (Phi) is 4.38. The van der Waals surface area contributed by atoms with Gasteiger partial charge < -0.3 is 15.0 Å². The highest BCUT2D eigenvalue weighted by Crippen LogP contribution is 2.26. The van der Waals surface area contributed by atoms with Crippen molar-refractivity contribution in [2.45, 2.75) is 19.4 Å². The molecule has 7 heteroatoms. The van der Waals surface area contributed by atoms with Crippen LogP contribution in [0.1, 0.15) is 19.4 Å². The highest BCUT2D eigenvalue weighted by atomic mass is 79.9. The largest absolute Gasteiger partial charge is 0.386 e. The molecule has 2 N–H and O–H groups in total. The first-order valence-corrected chi connectivity index (χ1v) is 8.41. The Morgan fingerprint density at radius 1 is 1.28 bits per heavy atom. The molecule has 5 nitrogen and oxygen atoms in total. The van der Waals surface area contributed by atoms with Crippen LogP contribution in [-0.4, -0.2) is 14.7 Å². The summed E-state index contributed by atoms with van der Waals surface area (Å²) < 4.78 is 16.1. The number of fused-ring (bicyclic) bond motifs is 1. The van der Waals surface area contributed by atoms with Gasteiger partial charge in [0.25, 0.3) is 5.56 Å². The van der Waals surface area contributed by atoms with Gasteiger partial charge in [0.2, 0.25) is 0 Å². The summed E-state index contributed by atoms with van der Waals surface area (Å²) in [4.78, 5) is 16.7. The van der Waals surface area contributed by atoms with Crippen molar-refractivity contribution in [2.24, 2.45) is 7.05 Å². The van der Waals surface area contributed by atoms with Crippen LogP contribution in [0.15, 0.2) is 45.8 Å². The molecule has 1 aromatic carbocycles. The lowest BCUT2D eigenvalue weighted by Gasteiger charge is -2.17. The Bertz CT molecular complexity index is 1010. The van der Waals surface area contributed by atoms with Crippen LogP contribution in [-0.2, 0) is 12.6 Å². The van der Waals surface area contributed by atoms with Gasteiger partial charge in [0.05, 0.1) is 15.6 Å². The number of hydrogen-bond acceptors (Lipinski definition) is 4. The Morgan fingerprint density at radius 3 is 2.60 bits per heavy atom. The molecule has 130 valence electrons. The van der Waals surface area contributed by atoms with Crippen molar-refractivity contribution in [3.05, 3.63) is 62.7 Å². The van der Waals surface area contributed by atoms with E-state index in [0.717, 1.165) is 0 Å². The number of pyridine rings is 2. The molecule has 3 rings (SSSR count). The quantitative estimate of drug-likeness (QED) is 0.695. The maximum atomic E-state index is 14.4. The number of rotatable bonds is 3. The zero-order valence-corrected chi connectivity index (χ0v) is 15.6. The lowest BCUT2D eigenvalue weighted by molar-refractivity contribution is 0.0782. The first-order chi connectivity index (χ1) is 11.7. The molecular weight excluding hydrogens is 389 g/mol. The molecule has 0 bridgehead atoms. The Balaban J connectivity index is 2.06. The average Bonchev–Trinajstić information content (AvgIpc) is 2.56. The van der Waals surface area contributed by atoms with Crippen LogP contribution in [0.2, 0.25) is 0 Å². The van der Waals surface area contributed by atoms with Gasteiger partial charge in [-0.25, -0.2) is 9.37 Å². The van der Waals surface area contributed by atoms with Gasteiger partial charge in [0.15, 0.2) is 0 Å². The summed E-state index contributed by atoms with van der Waals surface area (Å²) in [6, 6.07) is 8.11. The van der Waals surface area contributed by atoms with E-state index in [9.17, 15) is 14.3 Å². The van der Waals surface area contributed by atoms with Gasteiger partial charge in [0.1, 0.15) is 17.3 Å². The minimum atomic E-state index is -1.000. The number of hydrogen-bond donors (Lipinski definition) is 2. The van der Waals surface area contributed by atoms with Gasteiger partial charge >= 0.3 is 0 Å². The van der Waals surface area contributed by atoms with Gasteiger partial charge in [-0.2, -0.15) is 0 Å². The SMILES string of the molecule is Cn1c(=O)c(Nc2ccc(C(C)(C)O)cn2)cc2c(F)c(Br)ccc21. The zero-order valence-electron chi connectivity index (χ0n) is 14.0. The van der Waals surface area contributed by atoms with Crippen molar-refractivity contribution in [1.29, 1.82) is 0 Å². The highest BCUT2D eigenvalue weighted by Gasteiger charge is 2.16. The van der Waals surface area contributed by atoms with Gasteiger partial charge in [-0.3, -0.25) is 4.79 Å². The molecule has 0 aliphatic carbocycles. The third kappa shape index (κ3) is 3.29. The second kappa shape index (κ2) is 6.24. The third-order valence-electron chi connectivity index (χ3n) is 4.03. The lowest BCUT2D eigenvalue weighted by atomic mass is 10.0. The van der Waals surface area contributed by atoms with Gasteiger partial charge in [0, 0.05) is 24.2 Å². The topological polar surface area (TPSA) is 67.2 Å². The standard InChI is InChI=1S/C18H17BrFN3O2/c1-18(2,25)10-4-7-15(21-9-10)22-13-8-11-14(23(3)17(13)24)6-5-12(19)16(11)20/h4-9,25H,1-3H3,(H,21,22). The molecule has 0 radical (unpaired) electrons. The maximum Gasteiger partial charge on any atom is 0.274 e. The van der Waals surface area contributed by atoms with Gasteiger partial charge in [-0.15, -0.1) is 0 Å². The Labute approximate surface area is 152 Å². The number of nitrogens with zero attached hydrogens (tertiary/aromatic N) is 2. The molecule has 2 aromatic heterocycles. The van der Waals surface area contributed by atoms with E-state index < -0.39 is 11.4 Å². The summed E-state index contributed by atoms with van der Waals surface area (Å²) in [7, 11) is 1.59. The number of anilines is 2. The summed E-state index contributed by atoms with van der Waals surface area (Å²) in [5, 5.41) is 13.2. The zero-order chi connectivity index (χ0) is 18.4. The highest BCUT2D eigenvalue weighted by molar-refractivity contribution is 9.10. The lowest BCUT2D eigenvalue weighted by Crippen LogP contribution is -2.21. The smallest absolute Gasteiger partial charge is 0.274 e. The first-order valence-electron chi connectivity index (χ1n) is 7.62. The maximum absolute atomic E-state index is 14.4. The van der Waals surface area contributed by atoms with Crippen LogP contribution in [0, 0.1) is 5.82 Å². The van der Waals surface area contributed by atoms with E-state index in [1.54, 1.807) is 45.2 Å². The number of halogens is 2. The summed E-state index contributed by atoms with van der Waals surface area (Å²) in [6.45, 7) is 3.33. The van der Waals surface area contributed by atoms with Gasteiger partial charge in [-0.05, 0) is 54.0 Å². The molecule has 0 saturated carbocycles. The monoisotopic (exact) mass is 405 g/mol. The van der Waals surface area contributed by atoms with E-state index in [1.807, 2.05) is 0 Å². The molecule has 0 fully saturated rings. The van der Waals surface area contributed by atoms with Crippen LogP contribution in [0.3, 0.4) is 0 Å². The molecule has 0 aliphatic heterocycles. The van der Waals surface area contributed by atoms with E-state index in [-0.39, 0.29) is 11.2 Å². The average molecular weight is 406 g/mol. The van der Waals surface area contributed by atoms with Crippen LogP contribution in [0.25, 0.3) is 10.9 Å². The number of aryl methyl sites for hydroxylation is 1. The second-order valence-corrected chi connectivity index (χ2v) is 7.19. The molecule has 0 atom stereocenters. The Hall–Kier alpha value is -2.25. The minimum absolute atomic E-state index is 0.218. The number of benzene rings is 1. The second-order valence-electron chi connectivity index (χ2n) is 6.33. The summed E-state index contributed by atoms with van der Waals surface area (Å²) in [5.74, 6) is 0.00124. The fourth-order valence-electron chi connectivity index (χ4n) is 2.54. The fraction of sp³-hybridized carbons (Fsp3) is 0.222. The van der Waals surface area contributed by atoms with Crippen molar-refractivity contribution >= 4 is 38.3 Å². The van der Waals surface area contributed by atoms with E-state index in [4.69, 9.17) is 0 Å². The normalized spacial score (nSPS) is 11.8. The predicted octanol–water partition coefficient (Wildman–Crippen LogP) is 3.81. The van der Waals surface area contributed by atoms with Crippen LogP contribution in [0.4, 0.5) is 15.9 Å². The predicted molar refractivity (Wildman–Crippen MR) is 99.6 cm³/mol. The van der Waals surface area contributed by atoms with E-state index in [1.165, 1.54) is 16.8 Å². The van der Waals surface area contributed by atoms with Crippen LogP contribution >= 0.6 is 15.9 Å². The van der Waals surface area contributed by atoms with Crippen LogP contribution < -0.4 is 10.9 Å². The molecular formula is C18H17BrFN3O2. The molecule has 0 unspecified atom stereocenters. The Morgan fingerprint density at radius 2 is 2.00 bits per heavy atom. The first kappa shape index (κ1) is 17.6. The molecule has 3 aromatic rings. The molecule has 2 heterocycles. The number of nitrogens with one attached hydrogen (secondary N) is 1. The van der Waals surface area contributed by atoms with E-state index in [2.05, 4.69) is 26.2 Å². The molecule has 0 aliphatic rings. The number of aromatic nitrogens is 2.